The van der Waals surface area contributed by atoms with Crippen LogP contribution >= 0.6 is 0 Å². The fourth-order valence-electron chi connectivity index (χ4n) is 2.92. The molecule has 0 aliphatic heterocycles. The molecule has 1 aliphatic rings. The zero-order valence-corrected chi connectivity index (χ0v) is 16.9. The smallest absolute Gasteiger partial charge is 0.252 e. The van der Waals surface area contributed by atoms with E-state index < -0.39 is 5.82 Å². The number of halogens is 1. The van der Waals surface area contributed by atoms with Crippen molar-refractivity contribution in [2.45, 2.75) is 52.5 Å². The number of hydrogen-bond donors (Lipinski definition) is 2. The summed E-state index contributed by atoms with van der Waals surface area (Å²) in [6, 6.07) is 5.29. The molecule has 0 saturated heterocycles. The molecule has 2 aromatic heterocycles. The third-order valence-corrected chi connectivity index (χ3v) is 4.48. The predicted octanol–water partition coefficient (Wildman–Crippen LogP) is 4.16. The number of rotatable bonds is 4. The number of amides is 1. The Labute approximate surface area is 171 Å². The Kier molecular flexibility index (Phi) is 6.36. The molecule has 6 nitrogen and oxygen atoms in total. The lowest BCUT2D eigenvalue weighted by atomic mass is 10.1. The molecule has 1 atom stereocenters. The molecule has 1 aromatic carbocycles. The van der Waals surface area contributed by atoms with Crippen molar-refractivity contribution in [2.75, 3.05) is 0 Å². The van der Waals surface area contributed by atoms with E-state index in [9.17, 15) is 14.0 Å². The van der Waals surface area contributed by atoms with Crippen LogP contribution < -0.4 is 10.9 Å². The Bertz CT molecular complexity index is 1100. The van der Waals surface area contributed by atoms with Gasteiger partial charge in [0, 0.05) is 25.5 Å². The van der Waals surface area contributed by atoms with E-state index in [1.54, 1.807) is 12.3 Å². The van der Waals surface area contributed by atoms with Crippen molar-refractivity contribution in [3.8, 4) is 0 Å². The van der Waals surface area contributed by atoms with Crippen LogP contribution in [0, 0.1) is 19.7 Å². The van der Waals surface area contributed by atoms with Crippen LogP contribution in [-0.4, -0.2) is 20.9 Å². The van der Waals surface area contributed by atoms with Crippen LogP contribution in [0.1, 0.15) is 57.7 Å². The second kappa shape index (κ2) is 8.94. The van der Waals surface area contributed by atoms with Gasteiger partial charge in [-0.3, -0.25) is 19.6 Å². The highest BCUT2D eigenvalue weighted by molar-refractivity contribution is 5.82. The Morgan fingerprint density at radius 3 is 2.66 bits per heavy atom. The number of aromatic amines is 1. The van der Waals surface area contributed by atoms with Gasteiger partial charge in [0.25, 0.3) is 5.56 Å². The Balaban J connectivity index is 0.000000885. The van der Waals surface area contributed by atoms with Gasteiger partial charge < -0.3 is 10.3 Å². The minimum absolute atomic E-state index is 0. The van der Waals surface area contributed by atoms with Crippen molar-refractivity contribution in [1.82, 2.24) is 20.3 Å². The molecule has 0 bridgehead atoms. The number of nitrogens with one attached hydrogen (secondary N) is 2. The highest BCUT2D eigenvalue weighted by Crippen LogP contribution is 2.15. The van der Waals surface area contributed by atoms with E-state index in [-0.39, 0.29) is 32.3 Å². The maximum atomic E-state index is 13.4. The first-order valence-electron chi connectivity index (χ1n) is 9.74. The molecule has 1 saturated carbocycles. The average Bonchev–Trinajstić information content (AvgIpc) is 3.51. The number of H-pyrrole nitrogens is 1. The molecule has 156 valence electrons. The topological polar surface area (TPSA) is 87.7 Å². The fraction of sp³-hybridized carbons (Fsp3) is 0.364. The number of carbonyl (C=O) groups excluding carboxylic acids is 1. The second-order valence-corrected chi connectivity index (χ2v) is 7.36. The van der Waals surface area contributed by atoms with Gasteiger partial charge in [0.2, 0.25) is 5.91 Å². The lowest BCUT2D eigenvalue weighted by Gasteiger charge is -2.15. The third-order valence-electron chi connectivity index (χ3n) is 4.48. The Hall–Kier alpha value is -3.09. The molecular formula is C22H29FN4O2. The fourth-order valence-corrected chi connectivity index (χ4v) is 2.92. The van der Waals surface area contributed by atoms with E-state index in [4.69, 9.17) is 0 Å². The largest absolute Gasteiger partial charge is 0.348 e. The highest BCUT2D eigenvalue weighted by atomic mass is 19.1. The van der Waals surface area contributed by atoms with Crippen molar-refractivity contribution in [3.63, 3.8) is 0 Å². The first-order chi connectivity index (χ1) is 13.8. The number of pyridine rings is 1. The van der Waals surface area contributed by atoms with Gasteiger partial charge in [0.05, 0.1) is 29.5 Å². The average molecular weight is 400 g/mol. The van der Waals surface area contributed by atoms with Crippen molar-refractivity contribution in [2.24, 2.45) is 0 Å². The molecule has 0 unspecified atom stereocenters. The normalized spacial score (nSPS) is 13.4. The maximum absolute atomic E-state index is 13.4. The molecule has 1 aliphatic carbocycles. The molecule has 7 heteroatoms. The second-order valence-electron chi connectivity index (χ2n) is 7.36. The lowest BCUT2D eigenvalue weighted by molar-refractivity contribution is -0.121. The number of hydrogen-bond acceptors (Lipinski definition) is 4. The molecular weight excluding hydrogens is 371 g/mol. The molecule has 1 fully saturated rings. The zero-order valence-electron chi connectivity index (χ0n) is 16.9. The van der Waals surface area contributed by atoms with Gasteiger partial charge in [-0.2, -0.15) is 0 Å². The highest BCUT2D eigenvalue weighted by Gasteiger charge is 2.16. The lowest BCUT2D eigenvalue weighted by Crippen LogP contribution is -2.31. The molecule has 0 spiro atoms. The number of nitrogens with zero attached hydrogens (tertiary/aromatic N) is 2. The number of carbonyl (C=O) groups is 1. The summed E-state index contributed by atoms with van der Waals surface area (Å²) in [6.07, 6.45) is 6.04. The Morgan fingerprint density at radius 2 is 2.00 bits per heavy atom. The van der Waals surface area contributed by atoms with Crippen molar-refractivity contribution in [1.29, 1.82) is 0 Å². The first kappa shape index (κ1) is 20.6. The molecule has 0 radical (unpaired) electrons. The van der Waals surface area contributed by atoms with Crippen LogP contribution in [0.2, 0.25) is 0 Å². The van der Waals surface area contributed by atoms with E-state index >= 15 is 0 Å². The summed E-state index contributed by atoms with van der Waals surface area (Å²) >= 11 is 0. The maximum Gasteiger partial charge on any atom is 0.252 e. The van der Waals surface area contributed by atoms with Crippen molar-refractivity contribution >= 4 is 16.8 Å². The van der Waals surface area contributed by atoms with E-state index in [1.165, 1.54) is 37.5 Å². The molecule has 4 rings (SSSR count). The Morgan fingerprint density at radius 1 is 1.28 bits per heavy atom. The van der Waals surface area contributed by atoms with Crippen LogP contribution in [-0.2, 0) is 11.2 Å². The predicted molar refractivity (Wildman–Crippen MR) is 114 cm³/mol. The minimum atomic E-state index is -0.401. The van der Waals surface area contributed by atoms with Gasteiger partial charge in [-0.05, 0) is 45.0 Å². The van der Waals surface area contributed by atoms with Gasteiger partial charge in [-0.1, -0.05) is 19.3 Å². The van der Waals surface area contributed by atoms with Gasteiger partial charge in [-0.15, -0.1) is 0 Å². The monoisotopic (exact) mass is 400 g/mol. The van der Waals surface area contributed by atoms with E-state index in [1.807, 2.05) is 20.8 Å². The van der Waals surface area contributed by atoms with Crippen molar-refractivity contribution < 1.29 is 12.0 Å². The van der Waals surface area contributed by atoms with E-state index in [0.717, 1.165) is 11.4 Å². The number of aryl methyl sites for hydroxylation is 2. The minimum Gasteiger partial charge on any atom is -0.348 e. The van der Waals surface area contributed by atoms with Crippen molar-refractivity contribution in [3.05, 3.63) is 69.3 Å². The number of fused-ring (bicyclic) bond motifs is 1. The van der Waals surface area contributed by atoms with Crippen LogP contribution in [0.5, 0.6) is 0 Å². The molecule has 3 aromatic rings. The van der Waals surface area contributed by atoms with Crippen LogP contribution in [0.15, 0.2) is 35.3 Å². The summed E-state index contributed by atoms with van der Waals surface area (Å²) in [7, 11) is 0. The first-order valence-corrected chi connectivity index (χ1v) is 9.74. The van der Waals surface area contributed by atoms with Gasteiger partial charge >= 0.3 is 0 Å². The van der Waals surface area contributed by atoms with Crippen LogP contribution in [0.4, 0.5) is 4.39 Å². The van der Waals surface area contributed by atoms with Crippen LogP contribution in [0.25, 0.3) is 10.9 Å². The van der Waals surface area contributed by atoms with Gasteiger partial charge in [0.1, 0.15) is 5.82 Å². The molecule has 2 N–H and O–H groups in total. The zero-order chi connectivity index (χ0) is 21.0. The summed E-state index contributed by atoms with van der Waals surface area (Å²) in [5, 5.41) is 3.37. The van der Waals surface area contributed by atoms with Gasteiger partial charge in [0.15, 0.2) is 0 Å². The number of aromatic nitrogens is 3. The summed E-state index contributed by atoms with van der Waals surface area (Å²) in [6.45, 7) is 5.49. The third kappa shape index (κ3) is 5.70. The summed E-state index contributed by atoms with van der Waals surface area (Å²) in [5.41, 5.74) is 2.67. The molecule has 29 heavy (non-hydrogen) atoms. The standard InChI is InChI=1S/C19H19FN4O2.C3H6.2H2/c1-10-9-21-18(11(2)22-10)12(3)23-17(25)8-14-6-13-7-15(20)4-5-16(13)24-19(14)26;1-2-3-1;;/h4-7,9,12H,8H2,1-3H3,(H,23,25)(H,24,26);1-3H2;2*1H/t12-;;;/m1.../s1. The summed E-state index contributed by atoms with van der Waals surface area (Å²) in [5.74, 6) is -0.720. The van der Waals surface area contributed by atoms with E-state index in [2.05, 4.69) is 20.3 Å². The van der Waals surface area contributed by atoms with Gasteiger partial charge in [-0.25, -0.2) is 4.39 Å². The SMILES string of the molecule is C1CC1.Cc1cnc([C@@H](C)NC(=O)Cc2cc3cc(F)ccc3[nH]c2=O)c(C)n1.[HH].[HH]. The quantitative estimate of drug-likeness (QED) is 0.688. The number of benzene rings is 1. The van der Waals surface area contributed by atoms with E-state index in [0.29, 0.717) is 16.6 Å². The van der Waals surface area contributed by atoms with Crippen LogP contribution in [0.3, 0.4) is 0 Å². The summed E-state index contributed by atoms with van der Waals surface area (Å²) in [4.78, 5) is 35.8. The molecule has 2 heterocycles. The molecule has 1 amide bonds. The summed E-state index contributed by atoms with van der Waals surface area (Å²) < 4.78 is 13.4.